The third-order valence-corrected chi connectivity index (χ3v) is 3.92. The summed E-state index contributed by atoms with van der Waals surface area (Å²) in [6, 6.07) is 4.45. The van der Waals surface area contributed by atoms with Crippen LogP contribution in [-0.2, 0) is 10.0 Å². The van der Waals surface area contributed by atoms with Crippen molar-refractivity contribution in [3.63, 3.8) is 0 Å². The zero-order valence-electron chi connectivity index (χ0n) is 11.8. The van der Waals surface area contributed by atoms with E-state index in [-0.39, 0.29) is 10.7 Å². The summed E-state index contributed by atoms with van der Waals surface area (Å²) in [5.74, 6) is -0.0330. The SMILES string of the molecule is Cc1nc(C)c(C(=O)Nc2ccc(C)c(S(N)(=O)=O)c2)o1. The Hall–Kier alpha value is -2.19. The lowest BCUT2D eigenvalue weighted by Gasteiger charge is -2.08. The minimum Gasteiger partial charge on any atom is -0.436 e. The van der Waals surface area contributed by atoms with Gasteiger partial charge in [-0.05, 0) is 31.5 Å². The highest BCUT2D eigenvalue weighted by Gasteiger charge is 2.18. The van der Waals surface area contributed by atoms with E-state index in [2.05, 4.69) is 10.3 Å². The van der Waals surface area contributed by atoms with Crippen LogP contribution in [0.1, 0.15) is 27.7 Å². The number of aryl methyl sites for hydroxylation is 3. The molecule has 2 rings (SSSR count). The Morgan fingerprint density at radius 2 is 1.95 bits per heavy atom. The lowest BCUT2D eigenvalue weighted by atomic mass is 10.2. The molecule has 0 aliphatic carbocycles. The van der Waals surface area contributed by atoms with Crippen LogP contribution in [0.15, 0.2) is 27.5 Å². The van der Waals surface area contributed by atoms with Crippen LogP contribution in [0, 0.1) is 20.8 Å². The van der Waals surface area contributed by atoms with Gasteiger partial charge in [0.2, 0.25) is 15.8 Å². The molecule has 112 valence electrons. The van der Waals surface area contributed by atoms with E-state index < -0.39 is 15.9 Å². The maximum Gasteiger partial charge on any atom is 0.293 e. The molecule has 1 aromatic heterocycles. The normalized spacial score (nSPS) is 11.4. The molecule has 0 fully saturated rings. The smallest absolute Gasteiger partial charge is 0.293 e. The molecule has 0 bridgehead atoms. The topological polar surface area (TPSA) is 115 Å². The third kappa shape index (κ3) is 3.29. The van der Waals surface area contributed by atoms with Crippen molar-refractivity contribution in [2.24, 2.45) is 5.14 Å². The van der Waals surface area contributed by atoms with Gasteiger partial charge in [0.15, 0.2) is 5.89 Å². The first-order valence-electron chi connectivity index (χ1n) is 6.07. The predicted octanol–water partition coefficient (Wildman–Crippen LogP) is 1.50. The van der Waals surface area contributed by atoms with Crippen LogP contribution >= 0.6 is 0 Å². The second-order valence-electron chi connectivity index (χ2n) is 4.63. The van der Waals surface area contributed by atoms with Gasteiger partial charge in [0.05, 0.1) is 10.6 Å². The van der Waals surface area contributed by atoms with E-state index in [1.54, 1.807) is 32.9 Å². The summed E-state index contributed by atoms with van der Waals surface area (Å²) in [4.78, 5) is 16.0. The Bertz CT molecular complexity index is 809. The number of amides is 1. The summed E-state index contributed by atoms with van der Waals surface area (Å²) in [6.45, 7) is 4.90. The van der Waals surface area contributed by atoms with E-state index in [1.807, 2.05) is 0 Å². The Balaban J connectivity index is 2.32. The molecule has 0 atom stereocenters. The van der Waals surface area contributed by atoms with Gasteiger partial charge in [-0.15, -0.1) is 0 Å². The van der Waals surface area contributed by atoms with Crippen molar-refractivity contribution in [2.75, 3.05) is 5.32 Å². The number of oxazole rings is 1. The fourth-order valence-corrected chi connectivity index (χ4v) is 2.72. The van der Waals surface area contributed by atoms with E-state index in [0.29, 0.717) is 22.8 Å². The van der Waals surface area contributed by atoms with Gasteiger partial charge < -0.3 is 9.73 Å². The fourth-order valence-electron chi connectivity index (χ4n) is 1.91. The van der Waals surface area contributed by atoms with E-state index in [9.17, 15) is 13.2 Å². The first-order valence-corrected chi connectivity index (χ1v) is 7.62. The molecule has 1 heterocycles. The van der Waals surface area contributed by atoms with Gasteiger partial charge in [0.25, 0.3) is 5.91 Å². The van der Waals surface area contributed by atoms with Gasteiger partial charge in [0.1, 0.15) is 0 Å². The highest BCUT2D eigenvalue weighted by atomic mass is 32.2. The van der Waals surface area contributed by atoms with Crippen LogP contribution in [-0.4, -0.2) is 19.3 Å². The molecule has 21 heavy (non-hydrogen) atoms. The molecular weight excluding hydrogens is 294 g/mol. The number of primary sulfonamides is 1. The molecule has 0 spiro atoms. The number of sulfonamides is 1. The number of carbonyl (C=O) groups excluding carboxylic acids is 1. The number of nitrogens with two attached hydrogens (primary N) is 1. The molecule has 0 saturated carbocycles. The molecule has 0 aliphatic heterocycles. The van der Waals surface area contributed by atoms with Crippen molar-refractivity contribution in [1.82, 2.24) is 4.98 Å². The van der Waals surface area contributed by atoms with Crippen molar-refractivity contribution in [3.05, 3.63) is 41.1 Å². The number of nitrogens with zero attached hydrogens (tertiary/aromatic N) is 1. The maximum atomic E-state index is 12.1. The first kappa shape index (κ1) is 15.2. The van der Waals surface area contributed by atoms with Gasteiger partial charge >= 0.3 is 0 Å². The molecule has 0 aliphatic rings. The van der Waals surface area contributed by atoms with Gasteiger partial charge in [-0.3, -0.25) is 4.79 Å². The lowest BCUT2D eigenvalue weighted by molar-refractivity contribution is 0.0994. The van der Waals surface area contributed by atoms with Crippen LogP contribution in [0.4, 0.5) is 5.69 Å². The molecular formula is C13H15N3O4S. The average molecular weight is 309 g/mol. The molecule has 1 amide bonds. The number of aromatic nitrogens is 1. The largest absolute Gasteiger partial charge is 0.436 e. The predicted molar refractivity (Wildman–Crippen MR) is 76.5 cm³/mol. The number of anilines is 1. The molecule has 2 aromatic rings. The van der Waals surface area contributed by atoms with Gasteiger partial charge in [-0.2, -0.15) is 0 Å². The average Bonchev–Trinajstić information content (AvgIpc) is 2.69. The van der Waals surface area contributed by atoms with Crippen molar-refractivity contribution >= 4 is 21.6 Å². The molecule has 3 N–H and O–H groups in total. The Morgan fingerprint density at radius 1 is 1.29 bits per heavy atom. The zero-order chi connectivity index (χ0) is 15.8. The second kappa shape index (κ2) is 5.30. The van der Waals surface area contributed by atoms with Gasteiger partial charge in [-0.25, -0.2) is 18.5 Å². The Kier molecular flexibility index (Phi) is 3.84. The number of carbonyl (C=O) groups is 1. The number of benzene rings is 1. The Labute approximate surface area is 122 Å². The zero-order valence-corrected chi connectivity index (χ0v) is 12.6. The second-order valence-corrected chi connectivity index (χ2v) is 6.16. The van der Waals surface area contributed by atoms with Crippen molar-refractivity contribution in [1.29, 1.82) is 0 Å². The number of nitrogens with one attached hydrogen (secondary N) is 1. The van der Waals surface area contributed by atoms with Crippen LogP contribution in [0.25, 0.3) is 0 Å². The van der Waals surface area contributed by atoms with Gasteiger partial charge in [-0.1, -0.05) is 6.07 Å². The van der Waals surface area contributed by atoms with Crippen LogP contribution in [0.3, 0.4) is 0 Å². The quantitative estimate of drug-likeness (QED) is 0.891. The van der Waals surface area contributed by atoms with E-state index in [0.717, 1.165) is 0 Å². The van der Waals surface area contributed by atoms with Crippen LogP contribution < -0.4 is 10.5 Å². The molecule has 0 unspecified atom stereocenters. The van der Waals surface area contributed by atoms with Crippen LogP contribution in [0.2, 0.25) is 0 Å². The number of hydrogen-bond acceptors (Lipinski definition) is 5. The van der Waals surface area contributed by atoms with Crippen molar-refractivity contribution in [3.8, 4) is 0 Å². The highest BCUT2D eigenvalue weighted by Crippen LogP contribution is 2.20. The standard InChI is InChI=1S/C13H15N3O4S/c1-7-4-5-10(6-11(7)21(14,18)19)16-13(17)12-8(2)15-9(3)20-12/h4-6H,1-3H3,(H,16,17)(H2,14,18,19). The molecule has 1 aromatic carbocycles. The van der Waals surface area contributed by atoms with Crippen molar-refractivity contribution in [2.45, 2.75) is 25.7 Å². The minimum atomic E-state index is -3.85. The molecule has 0 radical (unpaired) electrons. The van der Waals surface area contributed by atoms with Gasteiger partial charge in [0, 0.05) is 12.6 Å². The molecule has 0 saturated heterocycles. The molecule has 7 nitrogen and oxygen atoms in total. The summed E-state index contributed by atoms with van der Waals surface area (Å²) >= 11 is 0. The summed E-state index contributed by atoms with van der Waals surface area (Å²) in [5.41, 5.74) is 1.27. The maximum absolute atomic E-state index is 12.1. The number of hydrogen-bond donors (Lipinski definition) is 2. The first-order chi connectivity index (χ1) is 9.68. The highest BCUT2D eigenvalue weighted by molar-refractivity contribution is 7.89. The summed E-state index contributed by atoms with van der Waals surface area (Å²) in [6.07, 6.45) is 0. The fraction of sp³-hybridized carbons (Fsp3) is 0.231. The van der Waals surface area contributed by atoms with Crippen molar-refractivity contribution < 1.29 is 17.6 Å². The lowest BCUT2D eigenvalue weighted by Crippen LogP contribution is -2.16. The molecule has 8 heteroatoms. The Morgan fingerprint density at radius 3 is 2.48 bits per heavy atom. The number of rotatable bonds is 3. The monoisotopic (exact) mass is 309 g/mol. The van der Waals surface area contributed by atoms with E-state index >= 15 is 0 Å². The van der Waals surface area contributed by atoms with E-state index in [1.165, 1.54) is 6.07 Å². The van der Waals surface area contributed by atoms with Crippen LogP contribution in [0.5, 0.6) is 0 Å². The minimum absolute atomic E-state index is 0.0363. The van der Waals surface area contributed by atoms with E-state index in [4.69, 9.17) is 9.56 Å². The summed E-state index contributed by atoms with van der Waals surface area (Å²) in [7, 11) is -3.85. The summed E-state index contributed by atoms with van der Waals surface area (Å²) < 4.78 is 28.1. The summed E-state index contributed by atoms with van der Waals surface area (Å²) in [5, 5.41) is 7.69. The third-order valence-electron chi connectivity index (χ3n) is 2.86.